The molecule has 1 N–H and O–H groups in total. The molecule has 4 rings (SSSR count). The highest BCUT2D eigenvalue weighted by molar-refractivity contribution is 6.49. The number of carbonyl (C=O) groups is 3. The van der Waals surface area contributed by atoms with E-state index >= 15 is 0 Å². The molecule has 3 aromatic rings. The van der Waals surface area contributed by atoms with Crippen molar-refractivity contribution < 1.29 is 14.4 Å². The van der Waals surface area contributed by atoms with E-state index in [-0.39, 0.29) is 41.0 Å². The number of hydrogen-bond donors (Lipinski definition) is 1. The summed E-state index contributed by atoms with van der Waals surface area (Å²) in [5.41, 5.74) is 3.75. The number of terminal acetylenes is 1. The van der Waals surface area contributed by atoms with Gasteiger partial charge >= 0.3 is 0 Å². The van der Waals surface area contributed by atoms with Gasteiger partial charge in [-0.1, -0.05) is 78.2 Å². The Balaban J connectivity index is 1.44. The van der Waals surface area contributed by atoms with Gasteiger partial charge in [-0.05, 0) is 23.3 Å². The molecule has 0 bridgehead atoms. The van der Waals surface area contributed by atoms with Crippen LogP contribution in [0.3, 0.4) is 0 Å². The van der Waals surface area contributed by atoms with Gasteiger partial charge in [-0.3, -0.25) is 14.4 Å². The molecule has 156 valence electrons. The molecule has 0 unspecified atom stereocenters. The first-order chi connectivity index (χ1) is 15.5. The SMILES string of the molecule is C#Cc1cccc(CC(=O)c2ccc(CNC3=C(Cl)C(=O)c4ccccc4C3=O)cc2)c1. The summed E-state index contributed by atoms with van der Waals surface area (Å²) in [7, 11) is 0. The van der Waals surface area contributed by atoms with Crippen molar-refractivity contribution in [2.45, 2.75) is 13.0 Å². The lowest BCUT2D eigenvalue weighted by atomic mass is 9.92. The van der Waals surface area contributed by atoms with E-state index in [0.717, 1.165) is 16.7 Å². The molecule has 0 aliphatic heterocycles. The molecule has 5 heteroatoms. The Morgan fingerprint density at radius 2 is 1.56 bits per heavy atom. The lowest BCUT2D eigenvalue weighted by Crippen LogP contribution is -2.28. The number of halogens is 1. The third kappa shape index (κ3) is 4.25. The largest absolute Gasteiger partial charge is 0.376 e. The molecule has 1 aliphatic carbocycles. The van der Waals surface area contributed by atoms with Crippen molar-refractivity contribution in [3.05, 3.63) is 117 Å². The summed E-state index contributed by atoms with van der Waals surface area (Å²) in [6, 6.07) is 21.0. The fourth-order valence-corrected chi connectivity index (χ4v) is 3.82. The maximum absolute atomic E-state index is 12.7. The Hall–Kier alpha value is -3.94. The molecular weight excluding hydrogens is 422 g/mol. The van der Waals surface area contributed by atoms with Crippen LogP contribution in [0.5, 0.6) is 0 Å². The average Bonchev–Trinajstić information content (AvgIpc) is 2.83. The minimum atomic E-state index is -0.376. The molecule has 0 atom stereocenters. The summed E-state index contributed by atoms with van der Waals surface area (Å²) in [5.74, 6) is 1.86. The number of rotatable bonds is 6. The first-order valence-electron chi connectivity index (χ1n) is 9.97. The van der Waals surface area contributed by atoms with Crippen LogP contribution in [-0.2, 0) is 13.0 Å². The quantitative estimate of drug-likeness (QED) is 0.446. The highest BCUT2D eigenvalue weighted by Gasteiger charge is 2.30. The zero-order valence-electron chi connectivity index (χ0n) is 17.0. The number of ketones is 3. The van der Waals surface area contributed by atoms with Crippen LogP contribution >= 0.6 is 11.6 Å². The van der Waals surface area contributed by atoms with Crippen molar-refractivity contribution in [3.63, 3.8) is 0 Å². The predicted molar refractivity (Wildman–Crippen MR) is 124 cm³/mol. The standard InChI is InChI=1S/C27H18ClNO3/c1-2-17-6-5-7-19(14-17)15-23(30)20-12-10-18(11-13-20)16-29-25-24(28)26(31)21-8-3-4-9-22(21)27(25)32/h1,3-14,29H,15-16H2. The van der Waals surface area contributed by atoms with E-state index in [1.807, 2.05) is 24.3 Å². The fourth-order valence-electron chi connectivity index (χ4n) is 3.56. The minimum absolute atomic E-state index is 0.0194. The van der Waals surface area contributed by atoms with E-state index in [9.17, 15) is 14.4 Å². The summed E-state index contributed by atoms with van der Waals surface area (Å²) in [4.78, 5) is 37.8. The van der Waals surface area contributed by atoms with Crippen LogP contribution in [0.25, 0.3) is 0 Å². The molecule has 4 nitrogen and oxygen atoms in total. The van der Waals surface area contributed by atoms with Crippen molar-refractivity contribution in [2.75, 3.05) is 0 Å². The summed E-state index contributed by atoms with van der Waals surface area (Å²) < 4.78 is 0. The third-order valence-electron chi connectivity index (χ3n) is 5.27. The van der Waals surface area contributed by atoms with Gasteiger partial charge in [0.2, 0.25) is 11.6 Å². The van der Waals surface area contributed by atoms with E-state index in [1.54, 1.807) is 48.5 Å². The molecule has 1 aliphatic rings. The molecule has 0 saturated carbocycles. The lowest BCUT2D eigenvalue weighted by Gasteiger charge is -2.19. The Kier molecular flexibility index (Phi) is 6.02. The van der Waals surface area contributed by atoms with Gasteiger partial charge in [0.25, 0.3) is 0 Å². The summed E-state index contributed by atoms with van der Waals surface area (Å²) in [6.07, 6.45) is 5.67. The van der Waals surface area contributed by atoms with Gasteiger partial charge in [-0.25, -0.2) is 0 Å². The molecule has 0 heterocycles. The number of hydrogen-bond acceptors (Lipinski definition) is 4. The van der Waals surface area contributed by atoms with Crippen molar-refractivity contribution >= 4 is 29.0 Å². The first kappa shape index (κ1) is 21.3. The topological polar surface area (TPSA) is 63.2 Å². The van der Waals surface area contributed by atoms with E-state index in [0.29, 0.717) is 16.7 Å². The maximum atomic E-state index is 12.7. The molecule has 32 heavy (non-hydrogen) atoms. The van der Waals surface area contributed by atoms with E-state index in [2.05, 4.69) is 11.2 Å². The monoisotopic (exact) mass is 439 g/mol. The summed E-state index contributed by atoms with van der Waals surface area (Å²) in [6.45, 7) is 0.283. The van der Waals surface area contributed by atoms with Crippen LogP contribution in [0, 0.1) is 12.3 Å². The molecule has 0 amide bonds. The Morgan fingerprint density at radius 1 is 0.875 bits per heavy atom. The highest BCUT2D eigenvalue weighted by Crippen LogP contribution is 2.27. The number of nitrogens with one attached hydrogen (secondary N) is 1. The van der Waals surface area contributed by atoms with Crippen LogP contribution in [0.1, 0.15) is 47.8 Å². The number of carbonyl (C=O) groups excluding carboxylic acids is 3. The van der Waals surface area contributed by atoms with E-state index in [1.165, 1.54) is 0 Å². The molecule has 0 saturated heterocycles. The van der Waals surface area contributed by atoms with Gasteiger partial charge in [0.15, 0.2) is 5.78 Å². The minimum Gasteiger partial charge on any atom is -0.376 e. The van der Waals surface area contributed by atoms with Crippen molar-refractivity contribution in [2.24, 2.45) is 0 Å². The van der Waals surface area contributed by atoms with Gasteiger partial charge < -0.3 is 5.32 Å². The van der Waals surface area contributed by atoms with E-state index in [4.69, 9.17) is 18.0 Å². The van der Waals surface area contributed by atoms with Gasteiger partial charge in [-0.2, -0.15) is 0 Å². The average molecular weight is 440 g/mol. The second-order valence-corrected chi connectivity index (χ2v) is 7.77. The summed E-state index contributed by atoms with van der Waals surface area (Å²) in [5, 5.41) is 2.87. The van der Waals surface area contributed by atoms with Crippen molar-refractivity contribution in [3.8, 4) is 12.3 Å². The van der Waals surface area contributed by atoms with Crippen LogP contribution in [0.2, 0.25) is 0 Å². The highest BCUT2D eigenvalue weighted by atomic mass is 35.5. The lowest BCUT2D eigenvalue weighted by molar-refractivity contribution is 0.0974. The van der Waals surface area contributed by atoms with Crippen LogP contribution in [0.15, 0.2) is 83.5 Å². The normalized spacial score (nSPS) is 12.9. The molecule has 0 radical (unpaired) electrons. The molecule has 0 spiro atoms. The number of benzene rings is 3. The van der Waals surface area contributed by atoms with Gasteiger partial charge in [0.1, 0.15) is 10.7 Å². The zero-order chi connectivity index (χ0) is 22.7. The smallest absolute Gasteiger partial charge is 0.211 e. The number of allylic oxidation sites excluding steroid dienone is 2. The van der Waals surface area contributed by atoms with Gasteiger partial charge in [0.05, 0.1) is 0 Å². The Bertz CT molecular complexity index is 1310. The Morgan fingerprint density at radius 3 is 2.25 bits per heavy atom. The first-order valence-corrected chi connectivity index (χ1v) is 10.4. The zero-order valence-corrected chi connectivity index (χ0v) is 17.8. The van der Waals surface area contributed by atoms with Crippen LogP contribution < -0.4 is 5.32 Å². The predicted octanol–water partition coefficient (Wildman–Crippen LogP) is 4.71. The number of Topliss-reactive ketones (excluding diaryl/α,β-unsaturated/α-hetero) is 3. The molecule has 3 aromatic carbocycles. The van der Waals surface area contributed by atoms with Gasteiger partial charge in [0, 0.05) is 35.2 Å². The fraction of sp³-hybridized carbons (Fsp3) is 0.0741. The molecule has 0 aromatic heterocycles. The number of fused-ring (bicyclic) bond motifs is 1. The van der Waals surface area contributed by atoms with Crippen LogP contribution in [0.4, 0.5) is 0 Å². The third-order valence-corrected chi connectivity index (χ3v) is 5.63. The van der Waals surface area contributed by atoms with Crippen LogP contribution in [-0.4, -0.2) is 17.3 Å². The van der Waals surface area contributed by atoms with Crippen molar-refractivity contribution in [1.82, 2.24) is 5.32 Å². The van der Waals surface area contributed by atoms with E-state index < -0.39 is 0 Å². The molecule has 0 fully saturated rings. The molecular formula is C27H18ClNO3. The second-order valence-electron chi connectivity index (χ2n) is 7.39. The second kappa shape index (κ2) is 9.05. The van der Waals surface area contributed by atoms with Crippen molar-refractivity contribution in [1.29, 1.82) is 0 Å². The Labute approximate surface area is 190 Å². The van der Waals surface area contributed by atoms with Gasteiger partial charge in [-0.15, -0.1) is 6.42 Å². The maximum Gasteiger partial charge on any atom is 0.211 e. The summed E-state index contributed by atoms with van der Waals surface area (Å²) >= 11 is 6.18.